The van der Waals surface area contributed by atoms with Gasteiger partial charge in [0, 0.05) is 19.1 Å². The molecule has 0 fully saturated rings. The third kappa shape index (κ3) is 6.81. The molecule has 1 atom stereocenters. The van der Waals surface area contributed by atoms with E-state index in [2.05, 4.69) is 19.2 Å². The highest BCUT2D eigenvalue weighted by atomic mass is 16.4. The number of carboxylic acids is 1. The number of rotatable bonds is 7. The van der Waals surface area contributed by atoms with Crippen LogP contribution in [-0.4, -0.2) is 41.1 Å². The topological polar surface area (TPSA) is 69.6 Å². The van der Waals surface area contributed by atoms with Crippen molar-refractivity contribution in [1.82, 2.24) is 10.2 Å². The number of hydrogen-bond donors (Lipinski definition) is 2. The Balaban J connectivity index is 4.20. The summed E-state index contributed by atoms with van der Waals surface area (Å²) in [6.07, 6.45) is 0.992. The van der Waals surface area contributed by atoms with Gasteiger partial charge in [0.25, 0.3) is 0 Å². The summed E-state index contributed by atoms with van der Waals surface area (Å²) in [4.78, 5) is 23.9. The van der Waals surface area contributed by atoms with Gasteiger partial charge in [-0.25, -0.2) is 4.79 Å². The number of carboxylic acid groups (broad SMARTS) is 1. The Bertz CT molecular complexity index is 254. The molecule has 0 aliphatic carbocycles. The molecule has 2 N–H and O–H groups in total. The van der Waals surface area contributed by atoms with Gasteiger partial charge in [-0.1, -0.05) is 20.3 Å². The van der Waals surface area contributed by atoms with Crippen LogP contribution in [0.5, 0.6) is 0 Å². The number of nitrogens with zero attached hydrogens (tertiary/aromatic N) is 1. The van der Waals surface area contributed by atoms with Crippen molar-refractivity contribution in [2.45, 2.75) is 46.6 Å². The summed E-state index contributed by atoms with van der Waals surface area (Å²) in [6, 6.07) is -0.173. The average Bonchev–Trinajstić information content (AvgIpc) is 2.25. The van der Waals surface area contributed by atoms with Crippen molar-refractivity contribution >= 4 is 12.0 Å². The van der Waals surface area contributed by atoms with Gasteiger partial charge in [-0.15, -0.1) is 0 Å². The van der Waals surface area contributed by atoms with E-state index >= 15 is 0 Å². The van der Waals surface area contributed by atoms with Gasteiger partial charge >= 0.3 is 12.0 Å². The lowest BCUT2D eigenvalue weighted by Crippen LogP contribution is -2.46. The van der Waals surface area contributed by atoms with E-state index in [1.165, 1.54) is 0 Å². The summed E-state index contributed by atoms with van der Waals surface area (Å²) >= 11 is 0. The van der Waals surface area contributed by atoms with Crippen LogP contribution in [0.3, 0.4) is 0 Å². The van der Waals surface area contributed by atoms with Gasteiger partial charge in [0.1, 0.15) is 0 Å². The predicted molar refractivity (Wildman–Crippen MR) is 66.9 cm³/mol. The Morgan fingerprint density at radius 2 is 1.88 bits per heavy atom. The molecule has 5 heteroatoms. The second-order valence-corrected chi connectivity index (χ2v) is 4.63. The molecule has 2 amide bonds. The number of nitrogens with one attached hydrogen (secondary N) is 1. The summed E-state index contributed by atoms with van der Waals surface area (Å²) in [5, 5.41) is 11.5. The molecule has 0 radical (unpaired) electrons. The first-order valence-corrected chi connectivity index (χ1v) is 6.14. The first-order valence-electron chi connectivity index (χ1n) is 6.14. The van der Waals surface area contributed by atoms with E-state index in [0.29, 0.717) is 12.5 Å². The molecule has 0 heterocycles. The highest BCUT2D eigenvalue weighted by molar-refractivity contribution is 5.75. The van der Waals surface area contributed by atoms with Crippen LogP contribution < -0.4 is 5.32 Å². The van der Waals surface area contributed by atoms with Gasteiger partial charge in [0.15, 0.2) is 0 Å². The van der Waals surface area contributed by atoms with Crippen LogP contribution in [0.1, 0.15) is 40.5 Å². The molecular formula is C12H24N2O3. The summed E-state index contributed by atoms with van der Waals surface area (Å²) < 4.78 is 0. The highest BCUT2D eigenvalue weighted by Gasteiger charge is 2.17. The van der Waals surface area contributed by atoms with E-state index < -0.39 is 5.97 Å². The standard InChI is InChI=1S/C12H24N2O3/c1-5-10(4)8-13-12(17)14(9(2)3)7-6-11(15)16/h9-10H,5-8H2,1-4H3,(H,13,17)(H,15,16). The molecule has 1 unspecified atom stereocenters. The second-order valence-electron chi connectivity index (χ2n) is 4.63. The second kappa shape index (κ2) is 7.92. The fourth-order valence-corrected chi connectivity index (χ4v) is 1.32. The Kier molecular flexibility index (Phi) is 7.34. The van der Waals surface area contributed by atoms with Crippen LogP contribution in [0.25, 0.3) is 0 Å². The molecule has 0 aromatic carbocycles. The third-order valence-corrected chi connectivity index (χ3v) is 2.75. The normalized spacial score (nSPS) is 12.3. The van der Waals surface area contributed by atoms with Gasteiger partial charge in [-0.2, -0.15) is 0 Å². The summed E-state index contributed by atoms with van der Waals surface area (Å²) in [7, 11) is 0. The number of aliphatic carboxylic acids is 1. The van der Waals surface area contributed by atoms with Crippen molar-refractivity contribution in [2.75, 3.05) is 13.1 Å². The van der Waals surface area contributed by atoms with Gasteiger partial charge < -0.3 is 15.3 Å². The Morgan fingerprint density at radius 3 is 2.29 bits per heavy atom. The van der Waals surface area contributed by atoms with Crippen molar-refractivity contribution in [3.05, 3.63) is 0 Å². The molecule has 0 saturated heterocycles. The summed E-state index contributed by atoms with van der Waals surface area (Å²) in [5.74, 6) is -0.446. The van der Waals surface area contributed by atoms with Crippen LogP contribution in [-0.2, 0) is 4.79 Å². The molecule has 0 spiro atoms. The molecule has 5 nitrogen and oxygen atoms in total. The molecule has 0 aromatic heterocycles. The number of carbonyl (C=O) groups is 2. The van der Waals surface area contributed by atoms with Crippen molar-refractivity contribution in [3.63, 3.8) is 0 Å². The minimum atomic E-state index is -0.884. The van der Waals surface area contributed by atoms with Gasteiger partial charge in [0.05, 0.1) is 6.42 Å². The Hall–Kier alpha value is -1.26. The summed E-state index contributed by atoms with van der Waals surface area (Å²) in [6.45, 7) is 8.78. The van der Waals surface area contributed by atoms with E-state index in [9.17, 15) is 9.59 Å². The predicted octanol–water partition coefficient (Wildman–Crippen LogP) is 1.93. The summed E-state index contributed by atoms with van der Waals surface area (Å²) in [5.41, 5.74) is 0. The van der Waals surface area contributed by atoms with Crippen LogP contribution in [0.2, 0.25) is 0 Å². The van der Waals surface area contributed by atoms with Gasteiger partial charge in [-0.3, -0.25) is 4.79 Å². The smallest absolute Gasteiger partial charge is 0.317 e. The molecule has 0 saturated carbocycles. The fraction of sp³-hybridized carbons (Fsp3) is 0.833. The first kappa shape index (κ1) is 15.7. The van der Waals surface area contributed by atoms with Crippen LogP contribution in [0.15, 0.2) is 0 Å². The van der Waals surface area contributed by atoms with Crippen LogP contribution >= 0.6 is 0 Å². The number of urea groups is 1. The zero-order valence-corrected chi connectivity index (χ0v) is 11.2. The highest BCUT2D eigenvalue weighted by Crippen LogP contribution is 2.02. The van der Waals surface area contributed by atoms with E-state index in [1.807, 2.05) is 13.8 Å². The molecule has 100 valence electrons. The maximum atomic E-state index is 11.8. The number of hydrogen-bond acceptors (Lipinski definition) is 2. The maximum Gasteiger partial charge on any atom is 0.317 e. The zero-order chi connectivity index (χ0) is 13.4. The lowest BCUT2D eigenvalue weighted by Gasteiger charge is -2.27. The molecule has 17 heavy (non-hydrogen) atoms. The van der Waals surface area contributed by atoms with Crippen molar-refractivity contribution in [3.8, 4) is 0 Å². The molecule has 0 aliphatic heterocycles. The van der Waals surface area contributed by atoms with Crippen LogP contribution in [0.4, 0.5) is 4.79 Å². The zero-order valence-electron chi connectivity index (χ0n) is 11.2. The number of carbonyl (C=O) groups excluding carboxylic acids is 1. The maximum absolute atomic E-state index is 11.8. The monoisotopic (exact) mass is 244 g/mol. The van der Waals surface area contributed by atoms with Crippen LogP contribution in [0, 0.1) is 5.92 Å². The Morgan fingerprint density at radius 1 is 1.29 bits per heavy atom. The van der Waals surface area contributed by atoms with E-state index in [4.69, 9.17) is 5.11 Å². The van der Waals surface area contributed by atoms with E-state index in [-0.39, 0.29) is 25.0 Å². The van der Waals surface area contributed by atoms with Crippen molar-refractivity contribution < 1.29 is 14.7 Å². The van der Waals surface area contributed by atoms with Crippen molar-refractivity contribution in [2.24, 2.45) is 5.92 Å². The Labute approximate surface area is 103 Å². The minimum Gasteiger partial charge on any atom is -0.481 e. The van der Waals surface area contributed by atoms with Gasteiger partial charge in [-0.05, 0) is 19.8 Å². The number of amides is 2. The lowest BCUT2D eigenvalue weighted by molar-refractivity contribution is -0.137. The molecule has 0 aliphatic rings. The molecule has 0 aromatic rings. The fourth-order valence-electron chi connectivity index (χ4n) is 1.32. The largest absolute Gasteiger partial charge is 0.481 e. The SMILES string of the molecule is CCC(C)CNC(=O)N(CCC(=O)O)C(C)C. The van der Waals surface area contributed by atoms with Crippen molar-refractivity contribution in [1.29, 1.82) is 0 Å². The quantitative estimate of drug-likeness (QED) is 0.719. The molecule has 0 rings (SSSR count). The van der Waals surface area contributed by atoms with E-state index in [0.717, 1.165) is 6.42 Å². The lowest BCUT2D eigenvalue weighted by atomic mass is 10.1. The van der Waals surface area contributed by atoms with E-state index in [1.54, 1.807) is 4.90 Å². The average molecular weight is 244 g/mol. The van der Waals surface area contributed by atoms with Gasteiger partial charge in [0.2, 0.25) is 0 Å². The molecule has 0 bridgehead atoms. The first-order chi connectivity index (χ1) is 7.88. The third-order valence-electron chi connectivity index (χ3n) is 2.75. The molecular weight excluding hydrogens is 220 g/mol. The minimum absolute atomic E-state index is 0.00582.